The maximum Gasteiger partial charge on any atom is 0.416 e. The fourth-order valence-electron chi connectivity index (χ4n) is 10.6. The van der Waals surface area contributed by atoms with Gasteiger partial charge in [-0.2, -0.15) is 13.2 Å². The number of hydrogen-bond acceptors (Lipinski definition) is 7. The minimum Gasteiger partial charge on any atom is -0.389 e. The molecule has 2 amide bonds. The molecule has 0 spiro atoms. The standard InChI is InChI=1S/C44H53F3N6O5/c1-41(2,56)27-12-14-33-35(18-27)53(40(49-33)50-37(54)21-42(57,24-6-7-24)25-8-9-25)30-16-23(17-30)31-20-32(31)43(58,26-10-11-26)22-38(55)51-39-48-34-15-13-28(44(45,46)47)19-36(34)52(39)29-4-3-5-29/h12-15,18-19,23-26,29-32,56-58H,3-11,16-17,20-22H2,1-2H3,(H,48,51,55)(H,49,50,54). The van der Waals surface area contributed by atoms with E-state index in [0.717, 1.165) is 100 Å². The van der Waals surface area contributed by atoms with Crippen molar-refractivity contribution in [3.05, 3.63) is 47.5 Å². The maximum absolute atomic E-state index is 13.8. The summed E-state index contributed by atoms with van der Waals surface area (Å²) < 4.78 is 44.7. The van der Waals surface area contributed by atoms with Gasteiger partial charge in [0, 0.05) is 12.1 Å². The van der Waals surface area contributed by atoms with Crippen LogP contribution in [0.3, 0.4) is 0 Å². The zero-order chi connectivity index (χ0) is 40.5. The molecule has 10 rings (SSSR count). The van der Waals surface area contributed by atoms with Crippen molar-refractivity contribution in [2.24, 2.45) is 35.5 Å². The predicted octanol–water partition coefficient (Wildman–Crippen LogP) is 7.99. The number of nitrogens with one attached hydrogen (secondary N) is 2. The van der Waals surface area contributed by atoms with Crippen LogP contribution in [0.25, 0.3) is 22.1 Å². The van der Waals surface area contributed by atoms with Crippen LogP contribution in [0.5, 0.6) is 0 Å². The molecular weight excluding hydrogens is 750 g/mol. The van der Waals surface area contributed by atoms with Crippen LogP contribution in [-0.2, 0) is 21.4 Å². The molecule has 0 bridgehead atoms. The van der Waals surface area contributed by atoms with E-state index >= 15 is 0 Å². The van der Waals surface area contributed by atoms with E-state index in [-0.39, 0.29) is 72.3 Å². The molecule has 58 heavy (non-hydrogen) atoms. The SMILES string of the molecule is CC(C)(O)c1ccc2nc(NC(=O)CC(O)(C3CC3)C3CC3)n(C3CC(C4CC4C(O)(CC(=O)Nc4nc5ccc(C(F)(F)F)cc5n4C4CCC4)C4CC4)C3)c2c1. The highest BCUT2D eigenvalue weighted by molar-refractivity contribution is 5.93. The smallest absolute Gasteiger partial charge is 0.389 e. The second-order valence-electron chi connectivity index (χ2n) is 19.3. The van der Waals surface area contributed by atoms with E-state index in [9.17, 15) is 38.1 Å². The van der Waals surface area contributed by atoms with Gasteiger partial charge in [0.1, 0.15) is 0 Å². The van der Waals surface area contributed by atoms with Gasteiger partial charge < -0.3 is 24.5 Å². The molecule has 310 valence electrons. The summed E-state index contributed by atoms with van der Waals surface area (Å²) in [5.41, 5.74) is -1.02. The maximum atomic E-state index is 13.8. The summed E-state index contributed by atoms with van der Waals surface area (Å²) in [6.07, 6.45) is 5.83. The quantitative estimate of drug-likeness (QED) is 0.0866. The van der Waals surface area contributed by atoms with Gasteiger partial charge >= 0.3 is 6.18 Å². The van der Waals surface area contributed by atoms with Gasteiger partial charge in [0.25, 0.3) is 0 Å². The van der Waals surface area contributed by atoms with Crippen molar-refractivity contribution < 1.29 is 38.1 Å². The van der Waals surface area contributed by atoms with Crippen molar-refractivity contribution in [2.75, 3.05) is 10.6 Å². The summed E-state index contributed by atoms with van der Waals surface area (Å²) >= 11 is 0. The van der Waals surface area contributed by atoms with Gasteiger partial charge in [-0.3, -0.25) is 20.2 Å². The van der Waals surface area contributed by atoms with E-state index in [1.807, 2.05) is 18.2 Å². The Labute approximate surface area is 334 Å². The molecule has 3 unspecified atom stereocenters. The number of rotatable bonds is 14. The number of carbonyl (C=O) groups is 2. The third-order valence-electron chi connectivity index (χ3n) is 14.7. The molecule has 3 atom stereocenters. The molecule has 6 aliphatic carbocycles. The Hall–Kier alpha value is -4.01. The summed E-state index contributed by atoms with van der Waals surface area (Å²) in [6.45, 7) is 3.47. The number of halogens is 3. The minimum absolute atomic E-state index is 0.00787. The molecule has 0 radical (unpaired) electrons. The molecule has 6 saturated carbocycles. The van der Waals surface area contributed by atoms with Gasteiger partial charge in [-0.25, -0.2) is 9.97 Å². The molecule has 14 heteroatoms. The third-order valence-corrected chi connectivity index (χ3v) is 14.7. The van der Waals surface area contributed by atoms with Crippen LogP contribution in [0.1, 0.15) is 127 Å². The van der Waals surface area contributed by atoms with Crippen molar-refractivity contribution in [3.63, 3.8) is 0 Å². The fourth-order valence-corrected chi connectivity index (χ4v) is 10.6. The monoisotopic (exact) mass is 802 g/mol. The first-order valence-electron chi connectivity index (χ1n) is 21.4. The van der Waals surface area contributed by atoms with Crippen LogP contribution in [0.15, 0.2) is 36.4 Å². The lowest BCUT2D eigenvalue weighted by Crippen LogP contribution is -2.41. The first kappa shape index (κ1) is 38.2. The second kappa shape index (κ2) is 13.2. The molecule has 6 fully saturated rings. The van der Waals surface area contributed by atoms with Gasteiger partial charge in [0.05, 0.1) is 57.3 Å². The second-order valence-corrected chi connectivity index (χ2v) is 19.3. The number of benzene rings is 2. The zero-order valence-corrected chi connectivity index (χ0v) is 33.1. The van der Waals surface area contributed by atoms with E-state index in [4.69, 9.17) is 4.98 Å². The van der Waals surface area contributed by atoms with Crippen LogP contribution in [0.4, 0.5) is 25.1 Å². The number of amides is 2. The number of fused-ring (bicyclic) bond motifs is 2. The first-order valence-corrected chi connectivity index (χ1v) is 21.4. The largest absolute Gasteiger partial charge is 0.416 e. The number of alkyl halides is 3. The molecule has 6 aliphatic rings. The number of aromatic nitrogens is 4. The lowest BCUT2D eigenvalue weighted by molar-refractivity contribution is -0.137. The topological polar surface area (TPSA) is 155 Å². The van der Waals surface area contributed by atoms with Gasteiger partial charge in [0.15, 0.2) is 0 Å². The highest BCUT2D eigenvalue weighted by atomic mass is 19.4. The van der Waals surface area contributed by atoms with Gasteiger partial charge in [-0.05, 0) is 162 Å². The van der Waals surface area contributed by atoms with Crippen LogP contribution < -0.4 is 10.6 Å². The Morgan fingerprint density at radius 1 is 0.690 bits per heavy atom. The number of carbonyl (C=O) groups excluding carboxylic acids is 2. The van der Waals surface area contributed by atoms with Crippen LogP contribution in [-0.4, -0.2) is 57.4 Å². The molecular formula is C44H53F3N6O5. The Morgan fingerprint density at radius 3 is 1.66 bits per heavy atom. The Morgan fingerprint density at radius 2 is 1.17 bits per heavy atom. The van der Waals surface area contributed by atoms with Gasteiger partial charge in [-0.15, -0.1) is 0 Å². The van der Waals surface area contributed by atoms with Gasteiger partial charge in [-0.1, -0.05) is 6.07 Å². The van der Waals surface area contributed by atoms with E-state index in [1.165, 1.54) is 6.07 Å². The summed E-state index contributed by atoms with van der Waals surface area (Å²) in [7, 11) is 0. The van der Waals surface area contributed by atoms with Crippen LogP contribution in [0.2, 0.25) is 0 Å². The molecule has 0 aliphatic heterocycles. The summed E-state index contributed by atoms with van der Waals surface area (Å²) in [4.78, 5) is 36.8. The van der Waals surface area contributed by atoms with E-state index in [1.54, 1.807) is 18.4 Å². The van der Waals surface area contributed by atoms with E-state index in [2.05, 4.69) is 20.2 Å². The van der Waals surface area contributed by atoms with E-state index in [0.29, 0.717) is 28.4 Å². The summed E-state index contributed by atoms with van der Waals surface area (Å²) in [5, 5.41) is 40.6. The minimum atomic E-state index is -4.50. The van der Waals surface area contributed by atoms with Crippen LogP contribution in [0, 0.1) is 35.5 Å². The Balaban J connectivity index is 0.849. The number of hydrogen-bond donors (Lipinski definition) is 5. The van der Waals surface area contributed by atoms with Gasteiger partial charge in [0.2, 0.25) is 23.7 Å². The zero-order valence-electron chi connectivity index (χ0n) is 33.1. The molecule has 5 N–H and O–H groups in total. The number of aliphatic hydroxyl groups is 3. The average Bonchev–Trinajstić information content (AvgIpc) is 3.91. The fraction of sp³-hybridized carbons (Fsp3) is 0.636. The van der Waals surface area contributed by atoms with E-state index < -0.39 is 28.5 Å². The Kier molecular flexibility index (Phi) is 8.73. The molecule has 2 heterocycles. The lowest BCUT2D eigenvalue weighted by atomic mass is 9.74. The molecule has 4 aromatic rings. The normalized spacial score (nSPS) is 26.3. The first-order chi connectivity index (χ1) is 27.5. The average molecular weight is 803 g/mol. The number of anilines is 2. The van der Waals surface area contributed by atoms with Crippen molar-refractivity contribution in [3.8, 4) is 0 Å². The number of nitrogens with zero attached hydrogens (tertiary/aromatic N) is 4. The van der Waals surface area contributed by atoms with Crippen molar-refractivity contribution >= 4 is 45.8 Å². The molecule has 11 nitrogen and oxygen atoms in total. The van der Waals surface area contributed by atoms with Crippen molar-refractivity contribution in [2.45, 2.75) is 139 Å². The lowest BCUT2D eigenvalue weighted by Gasteiger charge is -2.39. The molecule has 2 aromatic heterocycles. The number of imidazole rings is 2. The van der Waals surface area contributed by atoms with Crippen LogP contribution >= 0.6 is 0 Å². The van der Waals surface area contributed by atoms with Crippen molar-refractivity contribution in [1.29, 1.82) is 0 Å². The highest BCUT2D eigenvalue weighted by Gasteiger charge is 2.62. The predicted molar refractivity (Wildman–Crippen MR) is 211 cm³/mol. The van der Waals surface area contributed by atoms with Crippen molar-refractivity contribution in [1.82, 2.24) is 19.1 Å². The third kappa shape index (κ3) is 6.80. The summed E-state index contributed by atoms with van der Waals surface area (Å²) in [6, 6.07) is 9.10. The summed E-state index contributed by atoms with van der Waals surface area (Å²) in [5.74, 6) is 0.836. The Bertz CT molecular complexity index is 2280. The highest BCUT2D eigenvalue weighted by Crippen LogP contribution is 2.64. The molecule has 2 aromatic carbocycles. The molecule has 0 saturated heterocycles.